The molecule has 0 fully saturated rings. The van der Waals surface area contributed by atoms with Crippen LogP contribution in [0.1, 0.15) is 123 Å². The Labute approximate surface area is 196 Å². The number of unbranched alkanes of at least 4 members (excludes halogenated alkanes) is 13. The monoisotopic (exact) mass is 434 g/mol. The molecule has 31 heavy (non-hydrogen) atoms. The molecule has 0 heterocycles. The van der Waals surface area contributed by atoms with E-state index >= 15 is 0 Å². The first kappa shape index (κ1) is 30.1. The van der Waals surface area contributed by atoms with Crippen molar-refractivity contribution in [2.24, 2.45) is 0 Å². The number of nitrogens with zero attached hydrogens (tertiary/aromatic N) is 1. The van der Waals surface area contributed by atoms with E-state index in [2.05, 4.69) is 51.4 Å². The number of quaternary nitrogens is 1. The van der Waals surface area contributed by atoms with E-state index in [1.807, 2.05) is 0 Å². The second-order valence-corrected chi connectivity index (χ2v) is 11.1. The minimum atomic E-state index is -0.500. The highest BCUT2D eigenvalue weighted by Crippen LogP contribution is 2.15. The van der Waals surface area contributed by atoms with Crippen molar-refractivity contribution in [2.75, 3.05) is 20.6 Å². The van der Waals surface area contributed by atoms with E-state index in [-0.39, 0.29) is 0 Å². The lowest BCUT2D eigenvalue weighted by Crippen LogP contribution is -2.39. The Bertz CT molecular complexity index is 483. The molecule has 0 aliphatic heterocycles. The van der Waals surface area contributed by atoms with Crippen LogP contribution in [0.4, 0.5) is 0 Å². The molecule has 1 rings (SSSR count). The Morgan fingerprint density at radius 3 is 1.39 bits per heavy atom. The van der Waals surface area contributed by atoms with Gasteiger partial charge < -0.3 is 9.59 Å². The lowest BCUT2D eigenvalue weighted by atomic mass is 10.0. The molecular formula is C29H56NO+. The zero-order valence-electron chi connectivity index (χ0n) is 22.1. The Hall–Kier alpha value is -0.860. The fourth-order valence-electron chi connectivity index (χ4n) is 3.89. The van der Waals surface area contributed by atoms with Crippen LogP contribution in [-0.4, -0.2) is 35.8 Å². The summed E-state index contributed by atoms with van der Waals surface area (Å²) in [5.41, 5.74) is 0.961. The predicted octanol–water partition coefficient (Wildman–Crippen LogP) is 8.52. The third kappa shape index (κ3) is 25.3. The maximum atomic E-state index is 8.52. The third-order valence-electron chi connectivity index (χ3n) is 5.57. The van der Waals surface area contributed by atoms with E-state index < -0.39 is 5.60 Å². The molecule has 0 radical (unpaired) electrons. The highest BCUT2D eigenvalue weighted by molar-refractivity contribution is 5.13. The van der Waals surface area contributed by atoms with Crippen molar-refractivity contribution >= 4 is 0 Å². The van der Waals surface area contributed by atoms with Crippen molar-refractivity contribution in [1.82, 2.24) is 0 Å². The van der Waals surface area contributed by atoms with Crippen LogP contribution in [0.2, 0.25) is 0 Å². The first-order valence-corrected chi connectivity index (χ1v) is 13.2. The van der Waals surface area contributed by atoms with Crippen LogP contribution in [0.3, 0.4) is 0 Å². The molecule has 0 aliphatic carbocycles. The van der Waals surface area contributed by atoms with Gasteiger partial charge in [-0.2, -0.15) is 0 Å². The van der Waals surface area contributed by atoms with Crippen LogP contribution in [0, 0.1) is 0 Å². The van der Waals surface area contributed by atoms with Crippen molar-refractivity contribution in [1.29, 1.82) is 0 Å². The molecule has 0 bridgehead atoms. The van der Waals surface area contributed by atoms with Gasteiger partial charge in [0.25, 0.3) is 0 Å². The molecule has 182 valence electrons. The summed E-state index contributed by atoms with van der Waals surface area (Å²) in [6.45, 7) is 9.98. The number of aliphatic hydroxyl groups is 1. The van der Waals surface area contributed by atoms with Gasteiger partial charge in [-0.05, 0) is 33.6 Å². The minimum Gasteiger partial charge on any atom is -0.391 e. The molecule has 0 atom stereocenters. The SMILES string of the molecule is CC(C)(C)O.CCCCCCCCCCCCCCCC[N+](C)(C)Cc1ccccc1. The van der Waals surface area contributed by atoms with E-state index in [9.17, 15) is 0 Å². The smallest absolute Gasteiger partial charge is 0.104 e. The van der Waals surface area contributed by atoms with E-state index in [4.69, 9.17) is 5.11 Å². The number of hydrogen-bond acceptors (Lipinski definition) is 1. The van der Waals surface area contributed by atoms with Crippen LogP contribution < -0.4 is 0 Å². The van der Waals surface area contributed by atoms with Gasteiger partial charge >= 0.3 is 0 Å². The van der Waals surface area contributed by atoms with Crippen molar-refractivity contribution in [3.05, 3.63) is 35.9 Å². The summed E-state index contributed by atoms with van der Waals surface area (Å²) in [5.74, 6) is 0. The maximum absolute atomic E-state index is 8.52. The molecule has 0 spiro atoms. The molecular weight excluding hydrogens is 378 g/mol. The van der Waals surface area contributed by atoms with Gasteiger partial charge in [0.05, 0.1) is 26.2 Å². The fourth-order valence-corrected chi connectivity index (χ4v) is 3.89. The van der Waals surface area contributed by atoms with Gasteiger partial charge in [0.1, 0.15) is 6.54 Å². The molecule has 0 amide bonds. The zero-order valence-corrected chi connectivity index (χ0v) is 22.1. The average Bonchev–Trinajstić information content (AvgIpc) is 2.67. The Kier molecular flexibility index (Phi) is 18.2. The van der Waals surface area contributed by atoms with Gasteiger partial charge in [-0.3, -0.25) is 0 Å². The summed E-state index contributed by atoms with van der Waals surface area (Å²) in [6, 6.07) is 10.9. The average molecular weight is 435 g/mol. The Morgan fingerprint density at radius 1 is 0.645 bits per heavy atom. The molecule has 0 saturated carbocycles. The van der Waals surface area contributed by atoms with Crippen molar-refractivity contribution in [3.8, 4) is 0 Å². The molecule has 1 aromatic rings. The maximum Gasteiger partial charge on any atom is 0.104 e. The van der Waals surface area contributed by atoms with Crippen molar-refractivity contribution < 1.29 is 9.59 Å². The van der Waals surface area contributed by atoms with Crippen LogP contribution in [0.15, 0.2) is 30.3 Å². The molecule has 2 heteroatoms. The van der Waals surface area contributed by atoms with Crippen LogP contribution >= 0.6 is 0 Å². The second kappa shape index (κ2) is 18.7. The lowest BCUT2D eigenvalue weighted by molar-refractivity contribution is -0.903. The largest absolute Gasteiger partial charge is 0.391 e. The number of rotatable bonds is 17. The molecule has 1 aromatic carbocycles. The molecule has 0 saturated heterocycles. The van der Waals surface area contributed by atoms with Gasteiger partial charge in [-0.25, -0.2) is 0 Å². The standard InChI is InChI=1S/C25H46N.C4H10O/c1-4-5-6-7-8-9-10-11-12-13-14-15-16-20-23-26(2,3)24-25-21-18-17-19-22-25;1-4(2,3)5/h17-19,21-22H,4-16,20,23-24H2,1-3H3;5H,1-3H3/q+1;. The van der Waals surface area contributed by atoms with Crippen LogP contribution in [0.5, 0.6) is 0 Å². The molecule has 2 nitrogen and oxygen atoms in total. The van der Waals surface area contributed by atoms with Gasteiger partial charge in [0.15, 0.2) is 0 Å². The Balaban J connectivity index is 0.00000161. The van der Waals surface area contributed by atoms with E-state index in [1.54, 1.807) is 20.8 Å². The predicted molar refractivity (Wildman–Crippen MR) is 139 cm³/mol. The highest BCUT2D eigenvalue weighted by Gasteiger charge is 2.14. The number of hydrogen-bond donors (Lipinski definition) is 1. The summed E-state index contributed by atoms with van der Waals surface area (Å²) < 4.78 is 1.11. The zero-order chi connectivity index (χ0) is 23.4. The first-order chi connectivity index (χ1) is 14.6. The summed E-state index contributed by atoms with van der Waals surface area (Å²) in [5, 5.41) is 8.52. The second-order valence-electron chi connectivity index (χ2n) is 11.1. The van der Waals surface area contributed by atoms with E-state index in [0.717, 1.165) is 11.0 Å². The van der Waals surface area contributed by atoms with Gasteiger partial charge in [-0.15, -0.1) is 0 Å². The minimum absolute atomic E-state index is 0.500. The molecule has 0 aromatic heterocycles. The van der Waals surface area contributed by atoms with E-state index in [0.29, 0.717) is 0 Å². The first-order valence-electron chi connectivity index (χ1n) is 13.2. The van der Waals surface area contributed by atoms with Gasteiger partial charge in [0, 0.05) is 5.56 Å². The summed E-state index contributed by atoms with van der Waals surface area (Å²) in [7, 11) is 4.74. The molecule has 0 unspecified atom stereocenters. The summed E-state index contributed by atoms with van der Waals surface area (Å²) in [4.78, 5) is 0. The van der Waals surface area contributed by atoms with Gasteiger partial charge in [-0.1, -0.05) is 114 Å². The number of benzene rings is 1. The highest BCUT2D eigenvalue weighted by atomic mass is 16.3. The third-order valence-corrected chi connectivity index (χ3v) is 5.57. The lowest BCUT2D eigenvalue weighted by Gasteiger charge is -2.30. The Morgan fingerprint density at radius 2 is 1.00 bits per heavy atom. The van der Waals surface area contributed by atoms with Gasteiger partial charge in [0.2, 0.25) is 0 Å². The van der Waals surface area contributed by atoms with E-state index in [1.165, 1.54) is 102 Å². The van der Waals surface area contributed by atoms with Crippen molar-refractivity contribution in [2.45, 2.75) is 130 Å². The summed E-state index contributed by atoms with van der Waals surface area (Å²) >= 11 is 0. The fraction of sp³-hybridized carbons (Fsp3) is 0.793. The van der Waals surface area contributed by atoms with Crippen LogP contribution in [0.25, 0.3) is 0 Å². The summed E-state index contributed by atoms with van der Waals surface area (Å²) in [6.07, 6.45) is 20.2. The molecule has 0 aliphatic rings. The van der Waals surface area contributed by atoms with Crippen LogP contribution in [-0.2, 0) is 6.54 Å². The quantitative estimate of drug-likeness (QED) is 0.192. The molecule has 1 N–H and O–H groups in total. The topological polar surface area (TPSA) is 20.2 Å². The normalized spacial score (nSPS) is 11.8. The van der Waals surface area contributed by atoms with Crippen molar-refractivity contribution in [3.63, 3.8) is 0 Å².